The van der Waals surface area contributed by atoms with Gasteiger partial charge in [0.1, 0.15) is 5.54 Å². The Labute approximate surface area is 80.9 Å². The summed E-state index contributed by atoms with van der Waals surface area (Å²) in [5, 5.41) is 8.78. The number of carbonyl (C=O) groups excluding carboxylic acids is 2. The summed E-state index contributed by atoms with van der Waals surface area (Å²) in [6.07, 6.45) is 0. The summed E-state index contributed by atoms with van der Waals surface area (Å²) in [7, 11) is 0. The van der Waals surface area contributed by atoms with Gasteiger partial charge in [-0.25, -0.2) is 0 Å². The minimum absolute atomic E-state index is 0.271. The first-order chi connectivity index (χ1) is 5.99. The van der Waals surface area contributed by atoms with Crippen LogP contribution in [0.2, 0.25) is 0 Å². The molecular weight excluding hydrogens is 188 g/mol. The highest BCUT2D eigenvalue weighted by molar-refractivity contribution is 8.00. The van der Waals surface area contributed by atoms with Gasteiger partial charge in [-0.15, -0.1) is 11.8 Å². The number of imide groups is 1. The van der Waals surface area contributed by atoms with Crippen molar-refractivity contribution in [2.24, 2.45) is 0 Å². The third-order valence-corrected chi connectivity index (χ3v) is 2.68. The van der Waals surface area contributed by atoms with Crippen molar-refractivity contribution in [3.8, 4) is 6.07 Å². The lowest BCUT2D eigenvalue weighted by Crippen LogP contribution is -2.54. The molecule has 1 aliphatic heterocycles. The molecule has 0 aromatic rings. The molecular formula is C8H10N2O2S. The number of carbonyl (C=O) groups is 2. The lowest BCUT2D eigenvalue weighted by atomic mass is 10.1. The number of thioether (sulfide) groups is 1. The molecule has 0 unspecified atom stereocenters. The van der Waals surface area contributed by atoms with Gasteiger partial charge in [-0.1, -0.05) is 0 Å². The predicted octanol–water partition coefficient (Wildman–Crippen LogP) is 0.391. The molecule has 70 valence electrons. The van der Waals surface area contributed by atoms with Crippen molar-refractivity contribution in [2.75, 3.05) is 11.5 Å². The van der Waals surface area contributed by atoms with Crippen molar-refractivity contribution < 1.29 is 9.59 Å². The molecule has 0 aliphatic carbocycles. The second kappa shape index (κ2) is 3.38. The van der Waals surface area contributed by atoms with Crippen molar-refractivity contribution >= 4 is 23.6 Å². The van der Waals surface area contributed by atoms with Gasteiger partial charge in [0.15, 0.2) is 0 Å². The van der Waals surface area contributed by atoms with Gasteiger partial charge in [0, 0.05) is 0 Å². The molecule has 5 heteroatoms. The fourth-order valence-electron chi connectivity index (χ4n) is 1.17. The second-order valence-electron chi connectivity index (χ2n) is 3.29. The van der Waals surface area contributed by atoms with Gasteiger partial charge in [0.25, 0.3) is 0 Å². The Bertz CT molecular complexity index is 277. The van der Waals surface area contributed by atoms with E-state index >= 15 is 0 Å². The molecule has 0 radical (unpaired) electrons. The lowest BCUT2D eigenvalue weighted by molar-refractivity contribution is -0.146. The van der Waals surface area contributed by atoms with Crippen molar-refractivity contribution in [3.05, 3.63) is 0 Å². The van der Waals surface area contributed by atoms with Crippen LogP contribution in [0.15, 0.2) is 0 Å². The molecule has 1 fully saturated rings. The van der Waals surface area contributed by atoms with Gasteiger partial charge >= 0.3 is 0 Å². The maximum Gasteiger partial charge on any atom is 0.240 e. The largest absolute Gasteiger partial charge is 0.273 e. The van der Waals surface area contributed by atoms with E-state index in [0.717, 1.165) is 4.90 Å². The first kappa shape index (κ1) is 10.1. The van der Waals surface area contributed by atoms with Crippen LogP contribution < -0.4 is 0 Å². The summed E-state index contributed by atoms with van der Waals surface area (Å²) in [6, 6.07) is 1.95. The highest BCUT2D eigenvalue weighted by Crippen LogP contribution is 2.21. The first-order valence-electron chi connectivity index (χ1n) is 3.84. The molecule has 0 saturated carbocycles. The van der Waals surface area contributed by atoms with E-state index in [1.165, 1.54) is 11.8 Å². The monoisotopic (exact) mass is 198 g/mol. The Morgan fingerprint density at radius 3 is 2.23 bits per heavy atom. The summed E-state index contributed by atoms with van der Waals surface area (Å²) < 4.78 is 0. The quantitative estimate of drug-likeness (QED) is 0.572. The highest BCUT2D eigenvalue weighted by atomic mass is 32.2. The van der Waals surface area contributed by atoms with E-state index in [9.17, 15) is 9.59 Å². The average Bonchev–Trinajstić information content (AvgIpc) is 2.03. The molecule has 13 heavy (non-hydrogen) atoms. The predicted molar refractivity (Wildman–Crippen MR) is 48.9 cm³/mol. The van der Waals surface area contributed by atoms with Gasteiger partial charge < -0.3 is 0 Å². The number of nitrogens with zero attached hydrogens (tertiary/aromatic N) is 2. The van der Waals surface area contributed by atoms with Crippen molar-refractivity contribution in [1.82, 2.24) is 4.90 Å². The van der Waals surface area contributed by atoms with Gasteiger partial charge in [-0.05, 0) is 13.8 Å². The van der Waals surface area contributed by atoms with Crippen LogP contribution in [0.25, 0.3) is 0 Å². The van der Waals surface area contributed by atoms with E-state index in [4.69, 9.17) is 5.26 Å². The zero-order chi connectivity index (χ0) is 10.1. The van der Waals surface area contributed by atoms with Crippen molar-refractivity contribution in [3.63, 3.8) is 0 Å². The molecule has 1 heterocycles. The minimum atomic E-state index is -1.02. The van der Waals surface area contributed by atoms with E-state index in [1.807, 2.05) is 6.07 Å². The lowest BCUT2D eigenvalue weighted by Gasteiger charge is -2.33. The number of rotatable bonds is 1. The smallest absolute Gasteiger partial charge is 0.240 e. The van der Waals surface area contributed by atoms with Gasteiger partial charge in [-0.3, -0.25) is 14.5 Å². The number of hydrogen-bond acceptors (Lipinski definition) is 4. The van der Waals surface area contributed by atoms with E-state index in [-0.39, 0.29) is 23.3 Å². The van der Waals surface area contributed by atoms with Crippen LogP contribution in [-0.4, -0.2) is 33.8 Å². The fraction of sp³-hybridized carbons (Fsp3) is 0.625. The molecule has 1 saturated heterocycles. The van der Waals surface area contributed by atoms with Crippen molar-refractivity contribution in [1.29, 1.82) is 5.26 Å². The zero-order valence-electron chi connectivity index (χ0n) is 7.53. The average molecular weight is 198 g/mol. The summed E-state index contributed by atoms with van der Waals surface area (Å²) in [6.45, 7) is 3.14. The summed E-state index contributed by atoms with van der Waals surface area (Å²) in [5.41, 5.74) is -1.02. The maximum atomic E-state index is 11.3. The Hall–Kier alpha value is -1.02. The normalized spacial score (nSPS) is 18.7. The number of amides is 2. The van der Waals surface area contributed by atoms with Crippen LogP contribution in [-0.2, 0) is 9.59 Å². The standard InChI is InChI=1S/C8H10N2O2S/c1-8(2,5-9)10-6(11)3-13-4-7(10)12/h3-4H2,1-2H3. The van der Waals surface area contributed by atoms with Gasteiger partial charge in [-0.2, -0.15) is 5.26 Å². The van der Waals surface area contributed by atoms with E-state index in [0.29, 0.717) is 0 Å². The Morgan fingerprint density at radius 1 is 1.38 bits per heavy atom. The van der Waals surface area contributed by atoms with E-state index < -0.39 is 5.54 Å². The fourth-order valence-corrected chi connectivity index (χ4v) is 1.88. The molecule has 0 atom stereocenters. The van der Waals surface area contributed by atoms with Crippen LogP contribution in [0.5, 0.6) is 0 Å². The van der Waals surface area contributed by atoms with Gasteiger partial charge in [0.05, 0.1) is 17.6 Å². The van der Waals surface area contributed by atoms with Crippen LogP contribution in [0, 0.1) is 11.3 Å². The highest BCUT2D eigenvalue weighted by Gasteiger charge is 2.38. The minimum Gasteiger partial charge on any atom is -0.273 e. The zero-order valence-corrected chi connectivity index (χ0v) is 8.35. The number of hydrogen-bond donors (Lipinski definition) is 0. The molecule has 0 spiro atoms. The van der Waals surface area contributed by atoms with Crippen LogP contribution >= 0.6 is 11.8 Å². The van der Waals surface area contributed by atoms with Gasteiger partial charge in [0.2, 0.25) is 11.8 Å². The maximum absolute atomic E-state index is 11.3. The topological polar surface area (TPSA) is 61.2 Å². The van der Waals surface area contributed by atoms with Crippen molar-refractivity contribution in [2.45, 2.75) is 19.4 Å². The first-order valence-corrected chi connectivity index (χ1v) is 4.99. The second-order valence-corrected chi connectivity index (χ2v) is 4.27. The van der Waals surface area contributed by atoms with Crippen LogP contribution in [0.3, 0.4) is 0 Å². The van der Waals surface area contributed by atoms with Crippen LogP contribution in [0.4, 0.5) is 0 Å². The third kappa shape index (κ3) is 1.83. The number of nitriles is 1. The Kier molecular flexibility index (Phi) is 2.62. The SMILES string of the molecule is CC(C)(C#N)N1C(=O)CSCC1=O. The molecule has 0 aromatic heterocycles. The molecule has 0 aromatic carbocycles. The molecule has 4 nitrogen and oxygen atoms in total. The summed E-state index contributed by atoms with van der Waals surface area (Å²) in [4.78, 5) is 23.7. The molecule has 0 bridgehead atoms. The summed E-state index contributed by atoms with van der Waals surface area (Å²) in [5.74, 6) is 0.0360. The molecule has 1 aliphatic rings. The molecule has 2 amide bonds. The third-order valence-electron chi connectivity index (χ3n) is 1.78. The van der Waals surface area contributed by atoms with Crippen LogP contribution in [0.1, 0.15) is 13.8 Å². The Balaban J connectivity index is 2.94. The Morgan fingerprint density at radius 2 is 1.85 bits per heavy atom. The van der Waals surface area contributed by atoms with E-state index in [1.54, 1.807) is 13.8 Å². The van der Waals surface area contributed by atoms with E-state index in [2.05, 4.69) is 0 Å². The molecule has 0 N–H and O–H groups in total. The summed E-state index contributed by atoms with van der Waals surface area (Å²) >= 11 is 1.29. The molecule has 1 rings (SSSR count).